The van der Waals surface area contributed by atoms with Crippen molar-refractivity contribution in [3.05, 3.63) is 47.2 Å². The summed E-state index contributed by atoms with van der Waals surface area (Å²) in [6.07, 6.45) is 2.32. The van der Waals surface area contributed by atoms with Crippen LogP contribution < -0.4 is 0 Å². The molecule has 2 aromatic rings. The van der Waals surface area contributed by atoms with Gasteiger partial charge in [0, 0.05) is 28.5 Å². The maximum absolute atomic E-state index is 17.0. The summed E-state index contributed by atoms with van der Waals surface area (Å²) in [5, 5.41) is 42.1. The zero-order valence-electron chi connectivity index (χ0n) is 21.8. The van der Waals surface area contributed by atoms with Crippen molar-refractivity contribution in [2.24, 2.45) is 11.3 Å². The molecule has 0 radical (unpaired) electrons. The highest BCUT2D eigenvalue weighted by molar-refractivity contribution is 5.87. The Kier molecular flexibility index (Phi) is 4.73. The van der Waals surface area contributed by atoms with Gasteiger partial charge in [0.15, 0.2) is 5.67 Å². The minimum atomic E-state index is -2.46. The number of aliphatic hydroxyl groups excluding tert-OH is 3. The molecule has 2 aliphatic heterocycles. The first kappa shape index (κ1) is 24.0. The van der Waals surface area contributed by atoms with Crippen molar-refractivity contribution in [2.45, 2.75) is 87.2 Å². The first-order chi connectivity index (χ1) is 17.5. The number of fused-ring (bicyclic) bond motifs is 2. The first-order valence-corrected chi connectivity index (χ1v) is 13.4. The zero-order chi connectivity index (χ0) is 26.1. The molecule has 1 saturated carbocycles. The second-order valence-electron chi connectivity index (χ2n) is 12.6. The lowest BCUT2D eigenvalue weighted by atomic mass is 9.55. The molecular formula is C29H36FN3O4. The summed E-state index contributed by atoms with van der Waals surface area (Å²) in [7, 11) is 3.64. The Bertz CT molecular complexity index is 1370. The SMILES string of the molecule is Cc1[nH]nc2ccc(C3=CCC4[C@]3(C)CC=C3C(O)C5(F)[C@@H](O)[C@H](O)[C@@H](N(C)C)C[C@]56CC[C@@]34O6)cc12. The van der Waals surface area contributed by atoms with Crippen LogP contribution in [-0.4, -0.2) is 85.7 Å². The molecule has 3 aliphatic carbocycles. The van der Waals surface area contributed by atoms with E-state index in [0.29, 0.717) is 24.8 Å². The normalized spacial score (nSPS) is 46.5. The van der Waals surface area contributed by atoms with Crippen molar-refractivity contribution in [3.63, 3.8) is 0 Å². The zero-order valence-corrected chi connectivity index (χ0v) is 21.8. The van der Waals surface area contributed by atoms with Crippen molar-refractivity contribution in [1.29, 1.82) is 0 Å². The number of aromatic nitrogens is 2. The monoisotopic (exact) mass is 509 g/mol. The number of ether oxygens (including phenoxy) is 1. The van der Waals surface area contributed by atoms with Crippen LogP contribution in [0.2, 0.25) is 0 Å². The minimum Gasteiger partial charge on any atom is -0.389 e. The highest BCUT2D eigenvalue weighted by Gasteiger charge is 2.79. The molecule has 9 atom stereocenters. The van der Waals surface area contributed by atoms with Crippen molar-refractivity contribution < 1.29 is 24.4 Å². The molecule has 1 aromatic heterocycles. The van der Waals surface area contributed by atoms with Gasteiger partial charge in [-0.05, 0) is 82.0 Å². The predicted octanol–water partition coefficient (Wildman–Crippen LogP) is 3.04. The Morgan fingerprint density at radius 3 is 2.70 bits per heavy atom. The summed E-state index contributed by atoms with van der Waals surface area (Å²) in [6.45, 7) is 4.29. The van der Waals surface area contributed by atoms with E-state index in [2.05, 4.69) is 35.3 Å². The summed E-state index contributed by atoms with van der Waals surface area (Å²) in [5.41, 5.74) is 0.0763. The molecular weight excluding hydrogens is 473 g/mol. The van der Waals surface area contributed by atoms with E-state index >= 15 is 4.39 Å². The Morgan fingerprint density at radius 2 is 1.95 bits per heavy atom. The van der Waals surface area contributed by atoms with E-state index in [-0.39, 0.29) is 17.8 Å². The van der Waals surface area contributed by atoms with E-state index in [4.69, 9.17) is 4.74 Å². The van der Waals surface area contributed by atoms with Gasteiger partial charge >= 0.3 is 0 Å². The number of nitrogens with one attached hydrogen (secondary N) is 1. The molecule has 7 nitrogen and oxygen atoms in total. The molecule has 37 heavy (non-hydrogen) atoms. The lowest BCUT2D eigenvalue weighted by Crippen LogP contribution is -2.78. The Balaban J connectivity index is 1.32. The van der Waals surface area contributed by atoms with Crippen LogP contribution in [0.4, 0.5) is 4.39 Å². The number of likely N-dealkylation sites (N-methyl/N-ethyl adjacent to an activating group) is 1. The summed E-state index contributed by atoms with van der Waals surface area (Å²) >= 11 is 0. The van der Waals surface area contributed by atoms with Crippen LogP contribution in [0.3, 0.4) is 0 Å². The fourth-order valence-corrected chi connectivity index (χ4v) is 8.84. The van der Waals surface area contributed by atoms with Gasteiger partial charge in [0.05, 0.1) is 17.2 Å². The summed E-state index contributed by atoms with van der Waals surface area (Å²) in [4.78, 5) is 1.82. The van der Waals surface area contributed by atoms with Crippen LogP contribution in [0.1, 0.15) is 50.3 Å². The van der Waals surface area contributed by atoms with Crippen molar-refractivity contribution in [3.8, 4) is 0 Å². The molecule has 3 unspecified atom stereocenters. The quantitative estimate of drug-likeness (QED) is 0.465. The molecule has 0 amide bonds. The van der Waals surface area contributed by atoms with Crippen molar-refractivity contribution in [2.75, 3.05) is 14.1 Å². The first-order valence-electron chi connectivity index (χ1n) is 13.4. The van der Waals surface area contributed by atoms with Crippen molar-refractivity contribution in [1.82, 2.24) is 15.1 Å². The number of H-pyrrole nitrogens is 1. The molecule has 198 valence electrons. The molecule has 2 saturated heterocycles. The summed E-state index contributed by atoms with van der Waals surface area (Å²) < 4.78 is 24.0. The van der Waals surface area contributed by atoms with Gasteiger partial charge < -0.3 is 25.0 Å². The number of nitrogens with zero attached hydrogens (tertiary/aromatic N) is 2. The number of aliphatic hydroxyl groups is 3. The lowest BCUT2D eigenvalue weighted by molar-refractivity contribution is -0.308. The molecule has 5 aliphatic rings. The molecule has 2 bridgehead atoms. The van der Waals surface area contributed by atoms with Gasteiger partial charge in [0.25, 0.3) is 0 Å². The number of rotatable bonds is 2. The van der Waals surface area contributed by atoms with Gasteiger partial charge in [-0.1, -0.05) is 25.1 Å². The van der Waals surface area contributed by atoms with Crippen LogP contribution in [0.25, 0.3) is 16.5 Å². The largest absolute Gasteiger partial charge is 0.389 e. The molecule has 2 spiro atoms. The van der Waals surface area contributed by atoms with Crippen LogP contribution in [0.5, 0.6) is 0 Å². The smallest absolute Gasteiger partial charge is 0.197 e. The third-order valence-corrected chi connectivity index (χ3v) is 10.8. The van der Waals surface area contributed by atoms with Gasteiger partial charge in [-0.3, -0.25) is 5.10 Å². The number of benzene rings is 1. The number of aromatic amines is 1. The number of allylic oxidation sites excluding steroid dienone is 3. The van der Waals surface area contributed by atoms with Gasteiger partial charge in [-0.2, -0.15) is 5.10 Å². The second kappa shape index (κ2) is 7.30. The third kappa shape index (κ3) is 2.66. The molecule has 3 fully saturated rings. The van der Waals surface area contributed by atoms with Crippen LogP contribution in [0.15, 0.2) is 35.9 Å². The number of halogens is 1. The van der Waals surface area contributed by atoms with E-state index in [1.54, 1.807) is 0 Å². The van der Waals surface area contributed by atoms with E-state index in [0.717, 1.165) is 28.6 Å². The summed E-state index contributed by atoms with van der Waals surface area (Å²) in [6, 6.07) is 5.90. The van der Waals surface area contributed by atoms with Crippen LogP contribution >= 0.6 is 0 Å². The van der Waals surface area contributed by atoms with Gasteiger partial charge in [-0.15, -0.1) is 0 Å². The number of alkyl halides is 1. The average molecular weight is 510 g/mol. The van der Waals surface area contributed by atoms with Crippen molar-refractivity contribution >= 4 is 16.5 Å². The fraction of sp³-hybridized carbons (Fsp3) is 0.621. The van der Waals surface area contributed by atoms with Gasteiger partial charge in [0.1, 0.15) is 17.8 Å². The molecule has 8 heteroatoms. The van der Waals surface area contributed by atoms with E-state index in [9.17, 15) is 15.3 Å². The number of aryl methyl sites for hydroxylation is 1. The highest BCUT2D eigenvalue weighted by Crippen LogP contribution is 2.70. The van der Waals surface area contributed by atoms with Gasteiger partial charge in [-0.25, -0.2) is 4.39 Å². The minimum absolute atomic E-state index is 0.0384. The Labute approximate surface area is 216 Å². The fourth-order valence-electron chi connectivity index (χ4n) is 8.84. The van der Waals surface area contributed by atoms with E-state index in [1.165, 1.54) is 5.57 Å². The standard InChI is InChI=1S/C29H36FN3O4/c1-15-17-13-16(5-7-20(17)32-31-15)18-6-8-22-26(18,2)10-9-19-24(35)29(30)25(36)23(34)21(33(3)4)14-27(29)11-12-28(19,22)37-27/h5-7,9,13,21-25,34-36H,8,10-12,14H2,1-4H3,(H,31,32)/t21-,22?,23+,24?,25-,26+,27+,28+,29?/m0/s1. The Morgan fingerprint density at radius 1 is 1.16 bits per heavy atom. The maximum Gasteiger partial charge on any atom is 0.197 e. The van der Waals surface area contributed by atoms with E-state index < -0.39 is 41.2 Å². The molecule has 4 N–H and O–H groups in total. The second-order valence-corrected chi connectivity index (χ2v) is 12.6. The predicted molar refractivity (Wildman–Crippen MR) is 137 cm³/mol. The third-order valence-electron chi connectivity index (χ3n) is 10.8. The number of hydrogen-bond donors (Lipinski definition) is 4. The van der Waals surface area contributed by atoms with Crippen LogP contribution in [0, 0.1) is 18.3 Å². The molecule has 1 aromatic carbocycles. The van der Waals surface area contributed by atoms with Crippen LogP contribution in [-0.2, 0) is 4.74 Å². The summed E-state index contributed by atoms with van der Waals surface area (Å²) in [5.74, 6) is 0.0384. The lowest BCUT2D eigenvalue weighted by Gasteiger charge is -2.62. The van der Waals surface area contributed by atoms with Gasteiger partial charge in [0.2, 0.25) is 0 Å². The molecule has 3 heterocycles. The average Bonchev–Trinajstić information content (AvgIpc) is 3.53. The Hall–Kier alpha value is -2.10. The number of hydrogen-bond acceptors (Lipinski definition) is 6. The highest BCUT2D eigenvalue weighted by atomic mass is 19.1. The maximum atomic E-state index is 17.0. The molecule has 7 rings (SSSR count). The van der Waals surface area contributed by atoms with E-state index in [1.807, 2.05) is 38.1 Å². The topological polar surface area (TPSA) is 102 Å².